The Balaban J connectivity index is 1.38. The highest BCUT2D eigenvalue weighted by molar-refractivity contribution is 5.95. The first kappa shape index (κ1) is 27.6. The van der Waals surface area contributed by atoms with Crippen LogP contribution in [0.1, 0.15) is 68.1 Å². The molecule has 2 heterocycles. The molecule has 2 fully saturated rings. The van der Waals surface area contributed by atoms with Crippen LogP contribution < -0.4 is 16.0 Å². The number of benzene rings is 2. The number of aryl methyl sites for hydroxylation is 2. The number of nitriles is 1. The second-order valence-electron chi connectivity index (χ2n) is 11.3. The van der Waals surface area contributed by atoms with Crippen LogP contribution in [-0.2, 0) is 23.1 Å². The maximum absolute atomic E-state index is 13.1. The molecule has 0 radical (unpaired) electrons. The van der Waals surface area contributed by atoms with Crippen molar-refractivity contribution in [3.63, 3.8) is 0 Å². The predicted octanol–water partition coefficient (Wildman–Crippen LogP) is 1.45. The lowest BCUT2D eigenvalue weighted by Crippen LogP contribution is -2.44. The number of H-pyrrole nitrogens is 1. The Bertz CT molecular complexity index is 1510. The fourth-order valence-electron chi connectivity index (χ4n) is 6.97. The topological polar surface area (TPSA) is 156 Å². The lowest BCUT2D eigenvalue weighted by molar-refractivity contribution is -0.131. The van der Waals surface area contributed by atoms with E-state index < -0.39 is 5.41 Å². The Morgan fingerprint density at radius 1 is 1.02 bits per heavy atom. The molecule has 1 aliphatic heterocycles. The summed E-state index contributed by atoms with van der Waals surface area (Å²) in [4.78, 5) is 43.3. The average Bonchev–Trinajstić information content (AvgIpc) is 3.40. The molecule has 3 aromatic rings. The molecular formula is C31H34N8O3. The van der Waals surface area contributed by atoms with Crippen LogP contribution in [0.4, 0.5) is 0 Å². The third-order valence-electron chi connectivity index (χ3n) is 9.09. The third-order valence-corrected chi connectivity index (χ3v) is 9.09. The molecule has 3 atom stereocenters. The van der Waals surface area contributed by atoms with Gasteiger partial charge in [0.1, 0.15) is 18.2 Å². The van der Waals surface area contributed by atoms with Gasteiger partial charge in [-0.3, -0.25) is 14.4 Å². The van der Waals surface area contributed by atoms with Crippen LogP contribution in [0.15, 0.2) is 42.7 Å². The van der Waals surface area contributed by atoms with Crippen molar-refractivity contribution >= 4 is 17.7 Å². The zero-order valence-electron chi connectivity index (χ0n) is 23.7. The number of hydrogen-bond acceptors (Lipinski definition) is 7. The van der Waals surface area contributed by atoms with Crippen molar-refractivity contribution < 1.29 is 14.4 Å². The number of carbonyl (C=O) groups is 3. The number of piperidine rings is 1. The minimum absolute atomic E-state index is 0.0487. The fourth-order valence-corrected chi connectivity index (χ4v) is 6.97. The van der Waals surface area contributed by atoms with Crippen molar-refractivity contribution in [3.05, 3.63) is 81.9 Å². The third kappa shape index (κ3) is 4.61. The first-order chi connectivity index (χ1) is 20.4. The van der Waals surface area contributed by atoms with Gasteiger partial charge in [0.25, 0.3) is 11.8 Å². The van der Waals surface area contributed by atoms with Crippen LogP contribution in [-0.4, -0.2) is 77.1 Å². The first-order valence-corrected chi connectivity index (χ1v) is 14.4. The van der Waals surface area contributed by atoms with Crippen molar-refractivity contribution in [2.45, 2.75) is 49.6 Å². The van der Waals surface area contributed by atoms with Crippen LogP contribution in [0.25, 0.3) is 0 Å². The van der Waals surface area contributed by atoms with Crippen LogP contribution in [0.3, 0.4) is 0 Å². The van der Waals surface area contributed by atoms with Crippen LogP contribution in [0, 0.1) is 17.2 Å². The van der Waals surface area contributed by atoms with E-state index in [1.165, 1.54) is 0 Å². The molecule has 0 spiro atoms. The molecule has 1 aromatic heterocycles. The summed E-state index contributed by atoms with van der Waals surface area (Å²) in [6, 6.07) is 13.6. The van der Waals surface area contributed by atoms with Gasteiger partial charge in [-0.2, -0.15) is 5.26 Å². The maximum atomic E-state index is 13.1. The van der Waals surface area contributed by atoms with E-state index >= 15 is 0 Å². The molecule has 2 aromatic carbocycles. The number of amides is 3. The normalized spacial score (nSPS) is 21.3. The van der Waals surface area contributed by atoms with E-state index in [4.69, 9.17) is 0 Å². The zero-order valence-corrected chi connectivity index (χ0v) is 23.7. The van der Waals surface area contributed by atoms with E-state index in [9.17, 15) is 19.6 Å². The van der Waals surface area contributed by atoms with E-state index in [1.807, 2.05) is 36.4 Å². The Morgan fingerprint density at radius 2 is 1.67 bits per heavy atom. The highest BCUT2D eigenvalue weighted by Gasteiger charge is 2.54. The highest BCUT2D eigenvalue weighted by atomic mass is 16.2. The van der Waals surface area contributed by atoms with E-state index in [0.29, 0.717) is 48.7 Å². The second-order valence-corrected chi connectivity index (χ2v) is 11.3. The number of nitrogens with zero attached hydrogens (tertiary/aromatic N) is 4. The minimum Gasteiger partial charge on any atom is -0.355 e. The molecule has 1 saturated carbocycles. The summed E-state index contributed by atoms with van der Waals surface area (Å²) in [5.41, 5.74) is 4.36. The summed E-state index contributed by atoms with van der Waals surface area (Å²) in [7, 11) is 3.22. The molecule has 11 heteroatoms. The number of aromatic nitrogens is 3. The Hall–Kier alpha value is -4.56. The molecule has 3 amide bonds. The zero-order chi connectivity index (χ0) is 29.4. The number of aromatic amines is 1. The summed E-state index contributed by atoms with van der Waals surface area (Å²) >= 11 is 0. The van der Waals surface area contributed by atoms with Gasteiger partial charge in [0.2, 0.25) is 5.91 Å². The van der Waals surface area contributed by atoms with Crippen molar-refractivity contribution in [2.75, 3.05) is 27.2 Å². The quantitative estimate of drug-likeness (QED) is 0.301. The molecule has 2 aliphatic carbocycles. The van der Waals surface area contributed by atoms with Gasteiger partial charge in [0.15, 0.2) is 0 Å². The molecule has 0 unspecified atom stereocenters. The van der Waals surface area contributed by atoms with Crippen molar-refractivity contribution in [1.82, 2.24) is 36.0 Å². The van der Waals surface area contributed by atoms with Gasteiger partial charge in [0.05, 0.1) is 18.0 Å². The lowest BCUT2D eigenvalue weighted by Gasteiger charge is -2.35. The number of likely N-dealkylation sites (tertiary alicyclic amines) is 1. The van der Waals surface area contributed by atoms with Gasteiger partial charge in [-0.15, -0.1) is 10.2 Å². The van der Waals surface area contributed by atoms with Gasteiger partial charge in [-0.1, -0.05) is 12.1 Å². The summed E-state index contributed by atoms with van der Waals surface area (Å²) < 4.78 is 0. The van der Waals surface area contributed by atoms with E-state index in [-0.39, 0.29) is 36.3 Å². The van der Waals surface area contributed by atoms with Gasteiger partial charge in [-0.25, -0.2) is 0 Å². The number of hydrogen-bond donors (Lipinski definition) is 4. The van der Waals surface area contributed by atoms with Gasteiger partial charge in [0, 0.05) is 31.3 Å². The molecule has 6 rings (SSSR count). The fraction of sp³-hybridized carbons (Fsp3) is 0.419. The van der Waals surface area contributed by atoms with Crippen LogP contribution in [0.5, 0.6) is 0 Å². The number of rotatable bonds is 8. The van der Waals surface area contributed by atoms with Crippen molar-refractivity contribution in [1.29, 1.82) is 5.26 Å². The standard InChI is InChI=1S/C31H34N8O3/c1-33-28(41)20-5-7-24-18(11-20)3-4-19-12-21(29(42)34-2)6-8-25(19)31(24,30-36-17-37-38-30)9-10-35-16-27(40)39-23(15-32)13-22-14-26(22)39/h5-8,11-12,17,22-23,26,35H,3-4,9-10,13-14,16H2,1-2H3,(H,33,41)(H,34,42)(H,36,37,38)/t22-,23+,26+/m1/s1. The number of carbonyl (C=O) groups excluding carboxylic acids is 3. The van der Waals surface area contributed by atoms with Gasteiger partial charge < -0.3 is 25.8 Å². The molecule has 11 nitrogen and oxygen atoms in total. The van der Waals surface area contributed by atoms with E-state index in [1.54, 1.807) is 25.3 Å². The summed E-state index contributed by atoms with van der Waals surface area (Å²) in [6.45, 7) is 0.609. The van der Waals surface area contributed by atoms with Crippen LogP contribution >= 0.6 is 0 Å². The van der Waals surface area contributed by atoms with Crippen LogP contribution in [0.2, 0.25) is 0 Å². The van der Waals surface area contributed by atoms with E-state index in [0.717, 1.165) is 35.1 Å². The monoisotopic (exact) mass is 566 g/mol. The number of nitrogens with one attached hydrogen (secondary N) is 4. The molecular weight excluding hydrogens is 532 g/mol. The molecule has 4 N–H and O–H groups in total. The maximum Gasteiger partial charge on any atom is 0.251 e. The molecule has 216 valence electrons. The smallest absolute Gasteiger partial charge is 0.251 e. The number of fused-ring (bicyclic) bond motifs is 3. The van der Waals surface area contributed by atoms with E-state index in [2.05, 4.69) is 37.2 Å². The average molecular weight is 567 g/mol. The van der Waals surface area contributed by atoms with Crippen molar-refractivity contribution in [3.8, 4) is 6.07 Å². The molecule has 42 heavy (non-hydrogen) atoms. The molecule has 0 bridgehead atoms. The van der Waals surface area contributed by atoms with Gasteiger partial charge in [-0.05, 0) is 91.1 Å². The first-order valence-electron chi connectivity index (χ1n) is 14.4. The minimum atomic E-state index is -0.791. The lowest BCUT2D eigenvalue weighted by atomic mass is 9.69. The predicted molar refractivity (Wildman–Crippen MR) is 154 cm³/mol. The Kier molecular flexibility index (Phi) is 7.24. The Labute approximate surface area is 244 Å². The molecule has 1 saturated heterocycles. The SMILES string of the molecule is CNC(=O)c1ccc2c(c1)CCc1cc(C(=O)NC)ccc1C2(CCNCC(=O)N1[C@H](C#N)C[C@@H]2C[C@@H]21)c1nnc[nH]1. The largest absolute Gasteiger partial charge is 0.355 e. The Morgan fingerprint density at radius 3 is 2.21 bits per heavy atom. The summed E-state index contributed by atoms with van der Waals surface area (Å²) in [6.07, 6.45) is 5.17. The van der Waals surface area contributed by atoms with Gasteiger partial charge >= 0.3 is 0 Å². The van der Waals surface area contributed by atoms with Crippen molar-refractivity contribution in [2.24, 2.45) is 5.92 Å². The second kappa shape index (κ2) is 11.0. The summed E-state index contributed by atoms with van der Waals surface area (Å²) in [5.74, 6) is 0.731. The highest BCUT2D eigenvalue weighted by Crippen LogP contribution is 2.48. The summed E-state index contributed by atoms with van der Waals surface area (Å²) in [5, 5.41) is 26.9. The molecule has 3 aliphatic rings.